The highest BCUT2D eigenvalue weighted by Crippen LogP contribution is 2.49. The van der Waals surface area contributed by atoms with Gasteiger partial charge in [-0.1, -0.05) is 74.5 Å². The summed E-state index contributed by atoms with van der Waals surface area (Å²) in [4.78, 5) is 211. The molecule has 0 saturated carbocycles. The maximum Gasteiger partial charge on any atom is 0.408 e. The topological polar surface area (TPSA) is 517 Å². The van der Waals surface area contributed by atoms with Crippen LogP contribution in [0.1, 0.15) is 248 Å². The van der Waals surface area contributed by atoms with E-state index in [4.69, 9.17) is 39.8 Å². The van der Waals surface area contributed by atoms with Crippen molar-refractivity contribution in [2.24, 2.45) is 5.73 Å². The number of nitrogens with two attached hydrogens (primary N) is 1. The number of alkyl carbamates (subject to hydrolysis) is 2. The Kier molecular flexibility index (Phi) is 32.5. The van der Waals surface area contributed by atoms with Crippen LogP contribution < -0.4 is 54.1 Å². The first kappa shape index (κ1) is 102. The third-order valence-corrected chi connectivity index (χ3v) is 25.1. The summed E-state index contributed by atoms with van der Waals surface area (Å²) in [6, 6.07) is 21.3. The predicted molar refractivity (Wildman–Crippen MR) is 495 cm³/mol. The van der Waals surface area contributed by atoms with Crippen LogP contribution in [0.25, 0.3) is 44.6 Å². The summed E-state index contributed by atoms with van der Waals surface area (Å²) in [6.07, 6.45) is 0.625. The van der Waals surface area contributed by atoms with Crippen molar-refractivity contribution < 1.29 is 110 Å². The number of nitrogens with zero attached hydrogens (tertiary/aromatic N) is 4. The van der Waals surface area contributed by atoms with E-state index in [0.717, 1.165) is 44.3 Å². The summed E-state index contributed by atoms with van der Waals surface area (Å²) in [7, 11) is 0. The molecule has 6 aliphatic rings. The van der Waals surface area contributed by atoms with Crippen LogP contribution >= 0.6 is 0 Å². The van der Waals surface area contributed by atoms with E-state index in [1.54, 1.807) is 122 Å². The number of ketones is 4. The first-order chi connectivity index (χ1) is 64.9. The third-order valence-electron chi connectivity index (χ3n) is 25.1. The number of aryl methyl sites for hydroxylation is 2. The van der Waals surface area contributed by atoms with Gasteiger partial charge in [-0.2, -0.15) is 0 Å². The molecule has 0 saturated heterocycles. The lowest BCUT2D eigenvalue weighted by molar-refractivity contribution is -0.172. The summed E-state index contributed by atoms with van der Waals surface area (Å²) >= 11 is 0. The van der Waals surface area contributed by atoms with Gasteiger partial charge in [-0.3, -0.25) is 57.5 Å². The molecule has 0 fully saturated rings. The van der Waals surface area contributed by atoms with Gasteiger partial charge in [0.2, 0.25) is 29.5 Å². The molecule has 0 radical (unpaired) electrons. The van der Waals surface area contributed by atoms with Crippen LogP contribution in [0.5, 0.6) is 0 Å². The normalized spacial score (nSPS) is 17.1. The Balaban J connectivity index is 0.000000205. The molecule has 0 unspecified atom stereocenters. The lowest BCUT2D eigenvalue weighted by Crippen LogP contribution is -2.44. The average molecular weight is 1890 g/mol. The van der Waals surface area contributed by atoms with Crippen LogP contribution in [0.2, 0.25) is 0 Å². The van der Waals surface area contributed by atoms with Crippen molar-refractivity contribution in [1.29, 1.82) is 0 Å². The summed E-state index contributed by atoms with van der Waals surface area (Å²) in [5.41, 5.74) is 9.94. The second kappa shape index (κ2) is 43.6. The van der Waals surface area contributed by atoms with Gasteiger partial charge >= 0.3 is 30.1 Å². The lowest BCUT2D eigenvalue weighted by Gasteiger charge is -2.31. The Bertz CT molecular complexity index is 6260. The summed E-state index contributed by atoms with van der Waals surface area (Å²) < 4.78 is 53.9. The number of benzene rings is 4. The van der Waals surface area contributed by atoms with Crippen LogP contribution in [0, 0.1) is 25.5 Å². The number of carbonyl (C=O) groups is 14. The van der Waals surface area contributed by atoms with E-state index in [9.17, 15) is 91.3 Å². The van der Waals surface area contributed by atoms with Crippen LogP contribution in [0.4, 0.5) is 18.4 Å². The minimum Gasteiger partial charge on any atom is -0.481 e. The molecule has 0 spiro atoms. The number of Topliss-reactive ketones (excluding diaryl/α,β-unsaturated/α-hetero) is 4. The fourth-order valence-electron chi connectivity index (χ4n) is 17.9. The molecule has 37 heteroatoms. The number of amides is 7. The number of nitrogens with one attached hydrogen (secondary N) is 7. The third kappa shape index (κ3) is 24.1. The molecule has 137 heavy (non-hydrogen) atoms. The monoisotopic (exact) mass is 1890 g/mol. The number of carboxylic acids is 1. The quantitative estimate of drug-likeness (QED) is 0.0100. The highest BCUT2D eigenvalue weighted by atomic mass is 19.1. The molecule has 8 heterocycles. The number of aliphatic carboxylic acids is 1. The zero-order valence-corrected chi connectivity index (χ0v) is 78.3. The largest absolute Gasteiger partial charge is 0.481 e. The van der Waals surface area contributed by atoms with Crippen molar-refractivity contribution in [2.75, 3.05) is 26.2 Å². The van der Waals surface area contributed by atoms with E-state index >= 15 is 4.39 Å². The molecular weight excluding hydrogens is 1780 g/mol. The molecule has 6 atom stereocenters. The second-order valence-electron chi connectivity index (χ2n) is 37.0. The van der Waals surface area contributed by atoms with Crippen LogP contribution in [0.3, 0.4) is 0 Å². The Hall–Kier alpha value is -13.7. The lowest BCUT2D eigenvalue weighted by atomic mass is 9.81. The van der Waals surface area contributed by atoms with Gasteiger partial charge in [0.15, 0.2) is 34.3 Å². The molecule has 4 aliphatic heterocycles. The van der Waals surface area contributed by atoms with Crippen molar-refractivity contribution in [3.05, 3.63) is 195 Å². The number of hydrogen-bond donors (Lipinski definition) is 11. The number of aliphatic hydroxyl groups is 2. The molecule has 35 nitrogen and oxygen atoms in total. The zero-order chi connectivity index (χ0) is 99.4. The second-order valence-corrected chi connectivity index (χ2v) is 37.0. The number of aromatic nitrogens is 4. The number of cyclic esters (lactones) is 2. The van der Waals surface area contributed by atoms with Gasteiger partial charge < -0.3 is 86.4 Å². The van der Waals surface area contributed by atoms with Crippen LogP contribution in [0.15, 0.2) is 94.5 Å². The van der Waals surface area contributed by atoms with E-state index in [0.29, 0.717) is 101 Å². The molecule has 2 aliphatic carbocycles. The Morgan fingerprint density at radius 1 is 0.511 bits per heavy atom. The van der Waals surface area contributed by atoms with E-state index in [1.807, 2.05) is 24.3 Å². The first-order valence-electron chi connectivity index (χ1n) is 46.0. The molecule has 14 rings (SSSR count). The Labute approximate surface area is 787 Å². The number of carbonyl (C=O) groups excluding carboxylic acids is 13. The number of esters is 2. The van der Waals surface area contributed by atoms with Crippen molar-refractivity contribution in [3.8, 4) is 22.8 Å². The van der Waals surface area contributed by atoms with E-state index in [1.165, 1.54) is 16.7 Å². The number of pyridine rings is 4. The minimum atomic E-state index is -2.03. The van der Waals surface area contributed by atoms with Gasteiger partial charge in [-0.15, -0.1) is 0 Å². The molecule has 4 aromatic carbocycles. The summed E-state index contributed by atoms with van der Waals surface area (Å²) in [6.45, 7) is 16.6. The smallest absolute Gasteiger partial charge is 0.408 e. The number of carboxylic acid groups (broad SMARTS) is 1. The van der Waals surface area contributed by atoms with Crippen molar-refractivity contribution in [2.45, 2.75) is 271 Å². The van der Waals surface area contributed by atoms with Crippen molar-refractivity contribution >= 4 is 105 Å². The van der Waals surface area contributed by atoms with E-state index in [-0.39, 0.29) is 199 Å². The van der Waals surface area contributed by atoms with Gasteiger partial charge in [-0.25, -0.2) is 37.9 Å². The molecule has 7 amide bonds. The van der Waals surface area contributed by atoms with Gasteiger partial charge in [0.05, 0.1) is 102 Å². The molecule has 12 N–H and O–H groups in total. The van der Waals surface area contributed by atoms with Crippen molar-refractivity contribution in [1.82, 2.24) is 56.3 Å². The number of ether oxygens (including phenoxy) is 4. The van der Waals surface area contributed by atoms with Gasteiger partial charge in [0.25, 0.3) is 11.1 Å². The SMILES string of the molecule is CC(C)(C)OC(=O)NCC(=O)CCC(=O)N[C@@H](Cc1ccccc1)C(=O)CCC(=O)O.CC[C@@]1(O)C(=O)OCc2c1cc1n(c2=O)Cc2c-1nc1cc(F)c(C)c3c1c2[C@@H](NC(=O)CCCN)CC3.CC[C@@]1(O)C(=O)OCc2c1cc1n(c2=O)Cc2c-1nc1cc(F)c(C)c3c1c2[C@@H](NC(=O)CCCNC(=O)CCC(=O)[C@H](Cc1ccccc1)NC(=O)CCC(=O)CNC(=O)OC(C)(C)C)CC3. The van der Waals surface area contributed by atoms with E-state index < -0.39 is 111 Å². The average Bonchev–Trinajstić information content (AvgIpc) is 1.57. The molecule has 0 bridgehead atoms. The number of rotatable bonds is 35. The van der Waals surface area contributed by atoms with Crippen LogP contribution in [-0.2, 0) is 140 Å². The molecular formula is C100H116F2N12O23. The number of halogens is 2. The van der Waals surface area contributed by atoms with Gasteiger partial charge in [0.1, 0.15) is 36.1 Å². The minimum absolute atomic E-state index is 0.0273. The van der Waals surface area contributed by atoms with Gasteiger partial charge in [0, 0.05) is 109 Å². The van der Waals surface area contributed by atoms with Gasteiger partial charge in [-0.05, 0) is 183 Å². The van der Waals surface area contributed by atoms with Crippen LogP contribution in [-0.4, -0.2) is 167 Å². The fraction of sp³-hybridized carbons (Fsp3) is 0.460. The highest BCUT2D eigenvalue weighted by molar-refractivity contribution is 5.98. The van der Waals surface area contributed by atoms with Crippen molar-refractivity contribution in [3.63, 3.8) is 0 Å². The molecule has 4 aromatic heterocycles. The standard InChI is InChI=1S/C50H57FN6O11.C28H29FN4O5.C22H30N2O7/c1-6-50(66)33-22-38-45-31(25-57(38)46(63)32(33)26-67-47(50)64)44-35(16-15-30-27(2)34(51)23-37(56-45)43(30)44)54-41(61)13-10-20-52-40(60)19-17-39(59)36(21-28-11-8-7-9-12-28)55-42(62)18-14-29(58)24-53-48(65)68-49(3,4)5;1-3-28(37)17-9-21-25-15(11-33(21)26(35)16(17)12-38-27(28)36)24-19(31-22(34)5-4-8-30)7-6-14-13(2)18(29)10-20(32-25)23(14)24;1-22(2,3)31-21(30)23-14-16(25)9-11-19(27)24-17(18(26)10-12-20(28)29)13-15-7-5-4-6-8-15/h7-9,11-12,22-23,35-36,66H,6,10,13-21,24-26H2,1-5H3,(H,52,60)(H,53,65)(H,54,61)(H,55,62);9-10,19,37H,3-8,11-12,30H2,1-2H3,(H,31,34);4-8,17H,9-14H2,1-3H3,(H,23,30)(H,24,27)(H,28,29)/t35-,36-,50-;19-,28-;17-/m000/s1. The Morgan fingerprint density at radius 3 is 1.29 bits per heavy atom. The highest BCUT2D eigenvalue weighted by Gasteiger charge is 2.49. The maximum absolute atomic E-state index is 15.3. The Morgan fingerprint density at radius 2 is 0.905 bits per heavy atom. The summed E-state index contributed by atoms with van der Waals surface area (Å²) in [5, 5.41) is 51.8. The zero-order valence-electron chi connectivity index (χ0n) is 78.3. The fourth-order valence-corrected chi connectivity index (χ4v) is 17.9. The first-order valence-corrected chi connectivity index (χ1v) is 46.0. The maximum atomic E-state index is 15.3. The molecule has 728 valence electrons. The molecule has 8 aromatic rings. The number of hydrogen-bond acceptors (Lipinski definition) is 25. The summed E-state index contributed by atoms with van der Waals surface area (Å²) in [5.74, 6) is -6.94. The predicted octanol–water partition coefficient (Wildman–Crippen LogP) is 8.87. The number of fused-ring (bicyclic) bond motifs is 10. The van der Waals surface area contributed by atoms with E-state index in [2.05, 4.69) is 37.2 Å².